The van der Waals surface area contributed by atoms with Crippen molar-refractivity contribution in [3.05, 3.63) is 57.6 Å². The molecule has 3 nitrogen and oxygen atoms in total. The number of hydrogen-bond acceptors (Lipinski definition) is 3. The Morgan fingerprint density at radius 3 is 2.48 bits per heavy atom. The molecular weight excluding hydrogens is 352 g/mol. The topological polar surface area (TPSA) is 23.6 Å². The Morgan fingerprint density at radius 1 is 1.17 bits per heavy atom. The molecule has 0 radical (unpaired) electrons. The van der Waals surface area contributed by atoms with E-state index in [1.807, 2.05) is 0 Å². The van der Waals surface area contributed by atoms with Crippen molar-refractivity contribution in [2.24, 2.45) is 0 Å². The maximum absolute atomic E-state index is 12.1. The number of hydrazine groups is 1. The summed E-state index contributed by atoms with van der Waals surface area (Å²) in [5, 5.41) is 4.40. The molecule has 1 aliphatic carbocycles. The molecule has 4 rings (SSSR count). The van der Waals surface area contributed by atoms with Crippen LogP contribution in [0.25, 0.3) is 0 Å². The molecular formula is C19H19BrN2O. The number of carbonyl (C=O) groups excluding carboxylic acids is 1. The lowest BCUT2D eigenvalue weighted by Crippen LogP contribution is -2.33. The maximum atomic E-state index is 12.1. The normalized spacial score (nSPS) is 16.7. The van der Waals surface area contributed by atoms with Gasteiger partial charge in [0.1, 0.15) is 0 Å². The fourth-order valence-electron chi connectivity index (χ4n) is 3.39. The van der Waals surface area contributed by atoms with Crippen LogP contribution in [0, 0.1) is 0 Å². The summed E-state index contributed by atoms with van der Waals surface area (Å²) in [6.45, 7) is 2.53. The van der Waals surface area contributed by atoms with Gasteiger partial charge in [0, 0.05) is 17.1 Å². The molecule has 2 aromatic rings. The SMILES string of the molecule is CC(=O)c1cc2c(cc1C1CC1)CN(c1ccc(Br)cc1)N2C. The van der Waals surface area contributed by atoms with Crippen molar-refractivity contribution >= 4 is 33.1 Å². The van der Waals surface area contributed by atoms with Gasteiger partial charge >= 0.3 is 0 Å². The van der Waals surface area contributed by atoms with E-state index in [0.29, 0.717) is 5.92 Å². The number of hydrogen-bond donors (Lipinski definition) is 0. The fraction of sp³-hybridized carbons (Fsp3) is 0.316. The highest BCUT2D eigenvalue weighted by atomic mass is 79.9. The first-order valence-electron chi connectivity index (χ1n) is 7.99. The van der Waals surface area contributed by atoms with Crippen molar-refractivity contribution in [2.75, 3.05) is 17.1 Å². The van der Waals surface area contributed by atoms with Gasteiger partial charge in [0.25, 0.3) is 0 Å². The second-order valence-corrected chi connectivity index (χ2v) is 7.37. The molecule has 1 saturated carbocycles. The molecule has 0 amide bonds. The number of rotatable bonds is 3. The van der Waals surface area contributed by atoms with E-state index in [-0.39, 0.29) is 5.78 Å². The predicted octanol–water partition coefficient (Wildman–Crippen LogP) is 4.90. The molecule has 0 unspecified atom stereocenters. The summed E-state index contributed by atoms with van der Waals surface area (Å²) in [4.78, 5) is 12.1. The molecule has 1 aliphatic heterocycles. The fourth-order valence-corrected chi connectivity index (χ4v) is 3.66. The predicted molar refractivity (Wildman–Crippen MR) is 97.1 cm³/mol. The number of Topliss-reactive ketones (excluding diaryl/α,β-unsaturated/α-hetero) is 1. The van der Waals surface area contributed by atoms with Crippen LogP contribution in [0.5, 0.6) is 0 Å². The van der Waals surface area contributed by atoms with Crippen LogP contribution in [0.4, 0.5) is 11.4 Å². The third-order valence-corrected chi connectivity index (χ3v) is 5.33. The Labute approximate surface area is 145 Å². The zero-order chi connectivity index (χ0) is 16.1. The van der Waals surface area contributed by atoms with E-state index >= 15 is 0 Å². The van der Waals surface area contributed by atoms with Crippen molar-refractivity contribution in [1.82, 2.24) is 0 Å². The van der Waals surface area contributed by atoms with Gasteiger partial charge in [-0.3, -0.25) is 14.8 Å². The minimum absolute atomic E-state index is 0.171. The average Bonchev–Trinajstić information content (AvgIpc) is 3.32. The highest BCUT2D eigenvalue weighted by Gasteiger charge is 2.32. The summed E-state index contributed by atoms with van der Waals surface area (Å²) >= 11 is 3.49. The molecule has 2 aromatic carbocycles. The van der Waals surface area contributed by atoms with Gasteiger partial charge in [-0.1, -0.05) is 22.0 Å². The molecule has 2 aliphatic rings. The summed E-state index contributed by atoms with van der Waals surface area (Å²) in [6.07, 6.45) is 2.43. The molecule has 0 N–H and O–H groups in total. The van der Waals surface area contributed by atoms with Crippen LogP contribution < -0.4 is 10.0 Å². The highest BCUT2D eigenvalue weighted by molar-refractivity contribution is 9.10. The number of fused-ring (bicyclic) bond motifs is 1. The molecule has 4 heteroatoms. The molecule has 0 bridgehead atoms. The van der Waals surface area contributed by atoms with Crippen molar-refractivity contribution in [2.45, 2.75) is 32.2 Å². The number of carbonyl (C=O) groups is 1. The van der Waals surface area contributed by atoms with Gasteiger partial charge in [0.05, 0.1) is 17.9 Å². The highest BCUT2D eigenvalue weighted by Crippen LogP contribution is 2.45. The van der Waals surface area contributed by atoms with Crippen LogP contribution >= 0.6 is 15.9 Å². The van der Waals surface area contributed by atoms with E-state index in [1.54, 1.807) is 6.92 Å². The minimum Gasteiger partial charge on any atom is -0.294 e. The molecule has 0 spiro atoms. The Morgan fingerprint density at radius 2 is 1.87 bits per heavy atom. The minimum atomic E-state index is 0.171. The third kappa shape index (κ3) is 2.55. The third-order valence-electron chi connectivity index (χ3n) is 4.80. The van der Waals surface area contributed by atoms with E-state index in [0.717, 1.165) is 28.0 Å². The molecule has 23 heavy (non-hydrogen) atoms. The van der Waals surface area contributed by atoms with Crippen LogP contribution in [0.3, 0.4) is 0 Å². The molecule has 118 valence electrons. The Bertz CT molecular complexity index is 781. The first kappa shape index (κ1) is 14.8. The summed E-state index contributed by atoms with van der Waals surface area (Å²) in [6, 6.07) is 12.7. The summed E-state index contributed by atoms with van der Waals surface area (Å²) < 4.78 is 1.08. The zero-order valence-electron chi connectivity index (χ0n) is 13.3. The lowest BCUT2D eigenvalue weighted by Gasteiger charge is -2.28. The molecule has 0 saturated heterocycles. The molecule has 0 atom stereocenters. The zero-order valence-corrected chi connectivity index (χ0v) is 14.9. The quantitative estimate of drug-likeness (QED) is 0.717. The van der Waals surface area contributed by atoms with Gasteiger partial charge in [0.15, 0.2) is 5.78 Å². The molecule has 1 heterocycles. The summed E-state index contributed by atoms with van der Waals surface area (Å²) in [5.41, 5.74) is 5.76. The van der Waals surface area contributed by atoms with Crippen molar-refractivity contribution in [1.29, 1.82) is 0 Å². The number of benzene rings is 2. The van der Waals surface area contributed by atoms with E-state index in [9.17, 15) is 4.79 Å². The number of nitrogens with zero attached hydrogens (tertiary/aromatic N) is 2. The van der Waals surface area contributed by atoms with Crippen LogP contribution in [0.1, 0.15) is 47.2 Å². The average molecular weight is 371 g/mol. The van der Waals surface area contributed by atoms with Gasteiger partial charge in [-0.15, -0.1) is 0 Å². The number of ketones is 1. The lowest BCUT2D eigenvalue weighted by molar-refractivity contribution is 0.101. The smallest absolute Gasteiger partial charge is 0.160 e. The summed E-state index contributed by atoms with van der Waals surface area (Å²) in [5.74, 6) is 0.761. The van der Waals surface area contributed by atoms with Gasteiger partial charge in [-0.2, -0.15) is 0 Å². The van der Waals surface area contributed by atoms with E-state index in [2.05, 4.69) is 69.4 Å². The van der Waals surface area contributed by atoms with E-state index in [4.69, 9.17) is 0 Å². The largest absolute Gasteiger partial charge is 0.294 e. The van der Waals surface area contributed by atoms with E-state index < -0.39 is 0 Å². The van der Waals surface area contributed by atoms with Gasteiger partial charge in [-0.25, -0.2) is 0 Å². The van der Waals surface area contributed by atoms with Gasteiger partial charge < -0.3 is 0 Å². The molecule has 1 fully saturated rings. The monoisotopic (exact) mass is 370 g/mol. The molecule has 0 aromatic heterocycles. The van der Waals surface area contributed by atoms with Crippen LogP contribution in [-0.4, -0.2) is 12.8 Å². The summed E-state index contributed by atoms with van der Waals surface area (Å²) in [7, 11) is 2.06. The number of halogens is 1. The van der Waals surface area contributed by atoms with Crippen LogP contribution in [0.2, 0.25) is 0 Å². The lowest BCUT2D eigenvalue weighted by atomic mass is 9.96. The van der Waals surface area contributed by atoms with E-state index in [1.165, 1.54) is 24.0 Å². The first-order valence-corrected chi connectivity index (χ1v) is 8.78. The first-order chi connectivity index (χ1) is 11.0. The Kier molecular flexibility index (Phi) is 3.45. The Balaban J connectivity index is 1.74. The Hall–Kier alpha value is -1.81. The second-order valence-electron chi connectivity index (χ2n) is 6.46. The number of anilines is 2. The second kappa shape index (κ2) is 5.38. The van der Waals surface area contributed by atoms with Crippen molar-refractivity contribution in [3.8, 4) is 0 Å². The maximum Gasteiger partial charge on any atom is 0.160 e. The van der Waals surface area contributed by atoms with Crippen molar-refractivity contribution < 1.29 is 4.79 Å². The standard InChI is InChI=1S/C19H19BrN2O/c1-12(23)17-10-19-14(9-18(17)13-3-4-13)11-22(21(19)2)16-7-5-15(20)6-8-16/h5-10,13H,3-4,11H2,1-2H3. The van der Waals surface area contributed by atoms with Crippen LogP contribution in [0.15, 0.2) is 40.9 Å². The van der Waals surface area contributed by atoms with Gasteiger partial charge in [-0.05, 0) is 67.1 Å². The van der Waals surface area contributed by atoms with Crippen LogP contribution in [-0.2, 0) is 6.54 Å². The van der Waals surface area contributed by atoms with Crippen molar-refractivity contribution in [3.63, 3.8) is 0 Å². The van der Waals surface area contributed by atoms with Gasteiger partial charge in [0.2, 0.25) is 0 Å².